The van der Waals surface area contributed by atoms with Gasteiger partial charge in [-0.15, -0.1) is 0 Å². The van der Waals surface area contributed by atoms with Gasteiger partial charge in [0.25, 0.3) is 0 Å². The van der Waals surface area contributed by atoms with Gasteiger partial charge in [-0.25, -0.2) is 0 Å². The molecule has 0 heterocycles. The Morgan fingerprint density at radius 3 is 2.39 bits per heavy atom. The van der Waals surface area contributed by atoms with E-state index in [0.29, 0.717) is 19.4 Å². The molecule has 106 valence electrons. The highest BCUT2D eigenvalue weighted by atomic mass is 19.4. The molecule has 0 aliphatic heterocycles. The molecule has 0 bridgehead atoms. The molecule has 0 rings (SSSR count). The maximum atomic E-state index is 11.8. The van der Waals surface area contributed by atoms with Crippen LogP contribution in [-0.4, -0.2) is 49.6 Å². The van der Waals surface area contributed by atoms with Crippen molar-refractivity contribution in [2.24, 2.45) is 5.73 Å². The van der Waals surface area contributed by atoms with Gasteiger partial charge in [-0.2, -0.15) is 13.2 Å². The van der Waals surface area contributed by atoms with Crippen molar-refractivity contribution in [2.45, 2.75) is 25.4 Å². The Bertz CT molecular complexity index is 282. The first-order valence-electron chi connectivity index (χ1n) is 5.53. The van der Waals surface area contributed by atoms with Crippen molar-refractivity contribution in [3.63, 3.8) is 0 Å². The van der Waals surface area contributed by atoms with Crippen molar-refractivity contribution < 1.29 is 22.8 Å². The van der Waals surface area contributed by atoms with Crippen LogP contribution in [0, 0.1) is 0 Å². The van der Waals surface area contributed by atoms with Crippen molar-refractivity contribution >= 4 is 11.8 Å². The molecule has 2 amide bonds. The normalized spacial score (nSPS) is 11.2. The summed E-state index contributed by atoms with van der Waals surface area (Å²) in [6.07, 6.45) is -2.91. The second-order valence-corrected chi connectivity index (χ2v) is 3.89. The van der Waals surface area contributed by atoms with Crippen molar-refractivity contribution in [1.82, 2.24) is 10.2 Å². The molecule has 0 aliphatic carbocycles. The van der Waals surface area contributed by atoms with Gasteiger partial charge in [0.05, 0.1) is 6.54 Å². The number of hydrogen-bond donors (Lipinski definition) is 2. The smallest absolute Gasteiger partial charge is 0.345 e. The van der Waals surface area contributed by atoms with Crippen molar-refractivity contribution in [2.75, 3.05) is 26.7 Å². The van der Waals surface area contributed by atoms with E-state index >= 15 is 0 Å². The van der Waals surface area contributed by atoms with Crippen LogP contribution in [0.2, 0.25) is 0 Å². The van der Waals surface area contributed by atoms with Crippen LogP contribution in [0.4, 0.5) is 13.2 Å². The average molecular weight is 269 g/mol. The summed E-state index contributed by atoms with van der Waals surface area (Å²) in [4.78, 5) is 23.6. The average Bonchev–Trinajstić information content (AvgIpc) is 2.25. The van der Waals surface area contributed by atoms with E-state index in [4.69, 9.17) is 5.73 Å². The Morgan fingerprint density at radius 1 is 1.28 bits per heavy atom. The number of alkyl halides is 3. The number of nitrogens with zero attached hydrogens (tertiary/aromatic N) is 1. The lowest BCUT2D eigenvalue weighted by atomic mass is 10.2. The lowest BCUT2D eigenvalue weighted by Gasteiger charge is -2.17. The Hall–Kier alpha value is -1.31. The van der Waals surface area contributed by atoms with E-state index in [0.717, 1.165) is 4.90 Å². The van der Waals surface area contributed by atoms with Gasteiger partial charge in [0.15, 0.2) is 0 Å². The minimum absolute atomic E-state index is 0.236. The van der Waals surface area contributed by atoms with Crippen LogP contribution in [0.25, 0.3) is 0 Å². The number of carbonyl (C=O) groups is 2. The van der Waals surface area contributed by atoms with Crippen molar-refractivity contribution in [1.29, 1.82) is 0 Å². The van der Waals surface area contributed by atoms with Crippen molar-refractivity contribution in [3.8, 4) is 0 Å². The molecule has 8 heteroatoms. The van der Waals surface area contributed by atoms with E-state index < -0.39 is 18.6 Å². The molecular weight excluding hydrogens is 251 g/mol. The Morgan fingerprint density at radius 2 is 1.89 bits per heavy atom. The van der Waals surface area contributed by atoms with Gasteiger partial charge in [-0.3, -0.25) is 9.59 Å². The van der Waals surface area contributed by atoms with E-state index in [-0.39, 0.29) is 18.9 Å². The summed E-state index contributed by atoms with van der Waals surface area (Å²) < 4.78 is 35.4. The Balaban J connectivity index is 3.88. The van der Waals surface area contributed by atoms with Crippen LogP contribution < -0.4 is 11.1 Å². The lowest BCUT2D eigenvalue weighted by Crippen LogP contribution is -2.41. The first-order valence-corrected chi connectivity index (χ1v) is 5.53. The van der Waals surface area contributed by atoms with Gasteiger partial charge in [-0.05, 0) is 19.4 Å². The van der Waals surface area contributed by atoms with Gasteiger partial charge >= 0.3 is 6.18 Å². The second kappa shape index (κ2) is 7.91. The zero-order chi connectivity index (χ0) is 14.2. The van der Waals surface area contributed by atoms with E-state index in [2.05, 4.69) is 0 Å². The molecule has 0 radical (unpaired) electrons. The number of rotatable bonds is 7. The fourth-order valence-electron chi connectivity index (χ4n) is 1.17. The molecule has 0 atom stereocenters. The quantitative estimate of drug-likeness (QED) is 0.651. The minimum Gasteiger partial charge on any atom is -0.345 e. The first kappa shape index (κ1) is 16.7. The maximum Gasteiger partial charge on any atom is 0.405 e. The van der Waals surface area contributed by atoms with Crippen LogP contribution in [0.3, 0.4) is 0 Å². The zero-order valence-corrected chi connectivity index (χ0v) is 10.2. The summed E-state index contributed by atoms with van der Waals surface area (Å²) >= 11 is 0. The molecule has 0 saturated heterocycles. The predicted octanol–water partition coefficient (Wildman–Crippen LogP) is 0.252. The monoisotopic (exact) mass is 269 g/mol. The van der Waals surface area contributed by atoms with Gasteiger partial charge in [0.1, 0.15) is 6.54 Å². The highest BCUT2D eigenvalue weighted by Gasteiger charge is 2.27. The summed E-state index contributed by atoms with van der Waals surface area (Å²) in [5.74, 6) is -1.12. The van der Waals surface area contributed by atoms with Gasteiger partial charge in [0.2, 0.25) is 11.8 Å². The van der Waals surface area contributed by atoms with Crippen LogP contribution in [0.15, 0.2) is 0 Å². The lowest BCUT2D eigenvalue weighted by molar-refractivity contribution is -0.141. The molecule has 0 aliphatic rings. The molecule has 0 saturated carbocycles. The van der Waals surface area contributed by atoms with Gasteiger partial charge in [-0.1, -0.05) is 0 Å². The van der Waals surface area contributed by atoms with E-state index in [1.165, 1.54) is 7.05 Å². The molecule has 18 heavy (non-hydrogen) atoms. The highest BCUT2D eigenvalue weighted by molar-refractivity contribution is 5.84. The summed E-state index contributed by atoms with van der Waals surface area (Å²) in [5, 5.41) is 1.70. The molecular formula is C10H18F3N3O2. The van der Waals surface area contributed by atoms with Gasteiger partial charge in [0, 0.05) is 13.5 Å². The predicted molar refractivity (Wildman–Crippen MR) is 59.6 cm³/mol. The van der Waals surface area contributed by atoms with Crippen LogP contribution in [-0.2, 0) is 9.59 Å². The van der Waals surface area contributed by atoms with E-state index in [1.54, 1.807) is 5.32 Å². The fraction of sp³-hybridized carbons (Fsp3) is 0.800. The Labute approximate surface area is 103 Å². The van der Waals surface area contributed by atoms with E-state index in [9.17, 15) is 22.8 Å². The molecule has 0 unspecified atom stereocenters. The summed E-state index contributed by atoms with van der Waals surface area (Å²) in [6, 6.07) is 0. The number of nitrogens with one attached hydrogen (secondary N) is 1. The van der Waals surface area contributed by atoms with Crippen LogP contribution in [0.5, 0.6) is 0 Å². The topological polar surface area (TPSA) is 75.4 Å². The number of hydrogen-bond acceptors (Lipinski definition) is 3. The third-order valence-electron chi connectivity index (χ3n) is 2.14. The van der Waals surface area contributed by atoms with Crippen LogP contribution >= 0.6 is 0 Å². The summed E-state index contributed by atoms with van der Waals surface area (Å²) in [6.45, 7) is -1.29. The third kappa shape index (κ3) is 8.80. The number of unbranched alkanes of at least 4 members (excludes halogenated alkanes) is 1. The molecule has 5 nitrogen and oxygen atoms in total. The summed E-state index contributed by atoms with van der Waals surface area (Å²) in [7, 11) is 1.37. The summed E-state index contributed by atoms with van der Waals surface area (Å²) in [5.41, 5.74) is 5.26. The number of amides is 2. The van der Waals surface area contributed by atoms with Crippen LogP contribution in [0.1, 0.15) is 19.3 Å². The van der Waals surface area contributed by atoms with E-state index in [1.807, 2.05) is 0 Å². The molecule has 0 aromatic carbocycles. The Kier molecular flexibility index (Phi) is 7.33. The molecule has 0 spiro atoms. The molecule has 0 fully saturated rings. The maximum absolute atomic E-state index is 11.8. The highest BCUT2D eigenvalue weighted by Crippen LogP contribution is 2.12. The molecule has 0 aromatic rings. The zero-order valence-electron chi connectivity index (χ0n) is 10.2. The molecule has 3 N–H and O–H groups in total. The molecule has 0 aromatic heterocycles. The minimum atomic E-state index is -4.45. The van der Waals surface area contributed by atoms with Gasteiger partial charge < -0.3 is 16.0 Å². The second-order valence-electron chi connectivity index (χ2n) is 3.89. The standard InChI is InChI=1S/C10H18F3N3O2/c1-16(9(18)4-2-3-5-14)6-8(17)15-7-10(11,12)13/h2-7,14H2,1H3,(H,15,17). The fourth-order valence-corrected chi connectivity index (χ4v) is 1.17. The van der Waals surface area contributed by atoms with Crippen molar-refractivity contribution in [3.05, 3.63) is 0 Å². The SMILES string of the molecule is CN(CC(=O)NCC(F)(F)F)C(=O)CCCCN. The third-order valence-corrected chi connectivity index (χ3v) is 2.14. The number of halogens is 3. The number of likely N-dealkylation sites (N-methyl/N-ethyl adjacent to an activating group) is 1. The number of carbonyl (C=O) groups excluding carboxylic acids is 2. The largest absolute Gasteiger partial charge is 0.405 e. The first-order chi connectivity index (χ1) is 8.26. The number of nitrogens with two attached hydrogens (primary N) is 1.